The van der Waals surface area contributed by atoms with Gasteiger partial charge in [0.1, 0.15) is 0 Å². The van der Waals surface area contributed by atoms with E-state index in [0.717, 1.165) is 12.8 Å². The third-order valence-electron chi connectivity index (χ3n) is 4.59. The number of ether oxygens (including phenoxy) is 3. The van der Waals surface area contributed by atoms with Gasteiger partial charge in [-0.05, 0) is 0 Å². The number of benzene rings is 1. The van der Waals surface area contributed by atoms with Crippen molar-refractivity contribution in [2.24, 2.45) is 3.90 Å². The molecule has 1 aliphatic heterocycles. The molecule has 2 rings (SSSR count). The number of anilines is 1. The van der Waals surface area contributed by atoms with Crippen LogP contribution in [0.4, 0.5) is 5.69 Å². The summed E-state index contributed by atoms with van der Waals surface area (Å²) in [5, 5.41) is 9.54. The number of amides is 1. The summed E-state index contributed by atoms with van der Waals surface area (Å²) in [6.07, 6.45) is 2.46. The predicted molar refractivity (Wildman–Crippen MR) is 108 cm³/mol. The molecular weight excluding hydrogens is 429 g/mol. The molecule has 0 unspecified atom stereocenters. The second-order valence-corrected chi connectivity index (χ2v) is 7.51. The Morgan fingerprint density at radius 1 is 1.37 bits per heavy atom. The minimum atomic E-state index is -1.47. The maximum absolute atomic E-state index is 13.1. The van der Waals surface area contributed by atoms with Gasteiger partial charge in [0.15, 0.2) is 0 Å². The SMILES string of the molecule is COc1cc(C(=O)N2CCC[C@H]2CO)c(N[N]=[V]=[O])cc1OCCCOC(C)C.[CH3-]. The Kier molecular flexibility index (Phi) is 11.8. The molecule has 2 N–H and O–H groups in total. The molecule has 1 atom stereocenters. The molecule has 0 bridgehead atoms. The molecule has 1 saturated heterocycles. The predicted octanol–water partition coefficient (Wildman–Crippen LogP) is 2.87. The molecule has 169 valence electrons. The number of rotatable bonds is 11. The van der Waals surface area contributed by atoms with E-state index in [0.29, 0.717) is 48.9 Å². The van der Waals surface area contributed by atoms with Crippen molar-refractivity contribution in [3.05, 3.63) is 25.1 Å². The fraction of sp³-hybridized carbons (Fsp3) is 0.600. The molecule has 0 saturated carbocycles. The first kappa shape index (κ1) is 26.2. The van der Waals surface area contributed by atoms with Gasteiger partial charge in [-0.3, -0.25) is 0 Å². The summed E-state index contributed by atoms with van der Waals surface area (Å²) in [7, 11) is 1.50. The molecule has 1 aromatic carbocycles. The minimum absolute atomic E-state index is 0. The number of carbonyl (C=O) groups excluding carboxylic acids is 1. The first-order valence-electron chi connectivity index (χ1n) is 9.68. The van der Waals surface area contributed by atoms with Gasteiger partial charge in [-0.25, -0.2) is 0 Å². The summed E-state index contributed by atoms with van der Waals surface area (Å²) < 4.78 is 31.4. The molecule has 0 spiro atoms. The number of carbonyl (C=O) groups is 1. The zero-order chi connectivity index (χ0) is 21.2. The van der Waals surface area contributed by atoms with Crippen molar-refractivity contribution in [1.29, 1.82) is 0 Å². The third-order valence-corrected chi connectivity index (χ3v) is 4.88. The molecule has 30 heavy (non-hydrogen) atoms. The number of hydrogen-bond acceptors (Lipinski definition) is 8. The van der Waals surface area contributed by atoms with Gasteiger partial charge in [0, 0.05) is 0 Å². The zero-order valence-electron chi connectivity index (χ0n) is 18.1. The van der Waals surface area contributed by atoms with Crippen LogP contribution in [-0.2, 0) is 24.5 Å². The molecule has 1 amide bonds. The summed E-state index contributed by atoms with van der Waals surface area (Å²) >= 11 is -1.47. The van der Waals surface area contributed by atoms with Gasteiger partial charge in [-0.2, -0.15) is 0 Å². The van der Waals surface area contributed by atoms with E-state index in [4.69, 9.17) is 14.2 Å². The molecule has 1 heterocycles. The first-order valence-corrected chi connectivity index (χ1v) is 10.9. The van der Waals surface area contributed by atoms with Crippen LogP contribution < -0.4 is 14.9 Å². The average molecular weight is 461 g/mol. The van der Waals surface area contributed by atoms with E-state index in [-0.39, 0.29) is 32.1 Å². The molecule has 9 nitrogen and oxygen atoms in total. The summed E-state index contributed by atoms with van der Waals surface area (Å²) in [5.74, 6) is 0.629. The quantitative estimate of drug-likeness (QED) is 0.296. The summed E-state index contributed by atoms with van der Waals surface area (Å²) in [5.41, 5.74) is 3.41. The van der Waals surface area contributed by atoms with Crippen molar-refractivity contribution in [2.75, 3.05) is 38.9 Å². The van der Waals surface area contributed by atoms with Crippen LogP contribution in [0.2, 0.25) is 0 Å². The van der Waals surface area contributed by atoms with E-state index in [1.807, 2.05) is 13.8 Å². The number of methoxy groups -OCH3 is 1. The molecule has 1 aliphatic rings. The van der Waals surface area contributed by atoms with Crippen LogP contribution in [0.5, 0.6) is 11.5 Å². The first-order chi connectivity index (χ1) is 14.0. The van der Waals surface area contributed by atoms with Crippen LogP contribution in [0.1, 0.15) is 43.5 Å². The third kappa shape index (κ3) is 7.16. The molecule has 1 fully saturated rings. The van der Waals surface area contributed by atoms with Gasteiger partial charge >= 0.3 is 178 Å². The van der Waals surface area contributed by atoms with E-state index in [9.17, 15) is 13.6 Å². The van der Waals surface area contributed by atoms with Gasteiger partial charge in [0.2, 0.25) is 0 Å². The van der Waals surface area contributed by atoms with Crippen molar-refractivity contribution in [1.82, 2.24) is 4.90 Å². The van der Waals surface area contributed by atoms with Crippen LogP contribution in [0.15, 0.2) is 16.0 Å². The van der Waals surface area contributed by atoms with E-state index in [1.165, 1.54) is 7.11 Å². The summed E-state index contributed by atoms with van der Waals surface area (Å²) in [6.45, 7) is 5.43. The molecular formula is C20H32N3O6V-. The number of nitrogens with one attached hydrogen (secondary N) is 1. The van der Waals surface area contributed by atoms with Gasteiger partial charge in [-0.15, -0.1) is 0 Å². The summed E-state index contributed by atoms with van der Waals surface area (Å²) in [6, 6.07) is 3.01. The van der Waals surface area contributed by atoms with Crippen LogP contribution in [-0.4, -0.2) is 61.5 Å². The van der Waals surface area contributed by atoms with E-state index < -0.39 is 16.0 Å². The van der Waals surface area contributed by atoms with Crippen LogP contribution in [0.25, 0.3) is 0 Å². The Labute approximate surface area is 185 Å². The Morgan fingerprint density at radius 3 is 2.77 bits per heavy atom. The van der Waals surface area contributed by atoms with Crippen molar-refractivity contribution in [3.63, 3.8) is 0 Å². The molecule has 0 aromatic heterocycles. The van der Waals surface area contributed by atoms with Crippen LogP contribution in [0, 0.1) is 7.43 Å². The van der Waals surface area contributed by atoms with Crippen molar-refractivity contribution < 1.29 is 43.8 Å². The smallest absolute Gasteiger partial charge is 0.358 e. The van der Waals surface area contributed by atoms with Crippen molar-refractivity contribution in [3.8, 4) is 11.5 Å². The fourth-order valence-electron chi connectivity index (χ4n) is 3.18. The molecule has 10 heteroatoms. The molecule has 1 aromatic rings. The standard InChI is InChI=1S/C19H29N3O5.CH3.O.V/c1-13(2)26-8-5-9-27-18-11-16(21-20)15(10-17(18)25-3)19(24)22-7-4-6-14(22)12-23;;;/h10-11,13-14,21,23H,4-9,12H2,1-3H3;1H3;;/q;-1;;/t14-;;;/m0.../s1. The Balaban J connectivity index is 0.00000450. The van der Waals surface area contributed by atoms with Gasteiger partial charge in [0.25, 0.3) is 0 Å². The minimum Gasteiger partial charge on any atom is -0.358 e. The Bertz CT molecular complexity index is 739. The summed E-state index contributed by atoms with van der Waals surface area (Å²) in [4.78, 5) is 14.7. The molecule has 0 aliphatic carbocycles. The van der Waals surface area contributed by atoms with Crippen molar-refractivity contribution >= 4 is 11.6 Å². The Morgan fingerprint density at radius 2 is 2.13 bits per heavy atom. The monoisotopic (exact) mass is 461 g/mol. The average Bonchev–Trinajstić information content (AvgIpc) is 3.20. The number of likely N-dealkylation sites (tertiary alicyclic amines) is 1. The fourth-order valence-corrected chi connectivity index (χ4v) is 3.42. The number of aliphatic hydroxyl groups is 1. The van der Waals surface area contributed by atoms with Gasteiger partial charge in [0.05, 0.1) is 0 Å². The van der Waals surface area contributed by atoms with E-state index >= 15 is 0 Å². The number of aliphatic hydroxyl groups excluding tert-OH is 1. The van der Waals surface area contributed by atoms with Gasteiger partial charge in [-0.1, -0.05) is 0 Å². The van der Waals surface area contributed by atoms with E-state index in [2.05, 4.69) is 9.33 Å². The number of hydrogen-bond donors (Lipinski definition) is 2. The second-order valence-electron chi connectivity index (χ2n) is 6.94. The van der Waals surface area contributed by atoms with Crippen LogP contribution >= 0.6 is 0 Å². The van der Waals surface area contributed by atoms with E-state index in [1.54, 1.807) is 17.0 Å². The maximum atomic E-state index is 13.1. The Hall–Kier alpha value is -1.81. The normalized spacial score (nSPS) is 15.4. The number of nitrogens with zero attached hydrogens (tertiary/aromatic N) is 2. The van der Waals surface area contributed by atoms with Crippen molar-refractivity contribution in [2.45, 2.75) is 45.3 Å². The second kappa shape index (κ2) is 13.5. The van der Waals surface area contributed by atoms with Crippen LogP contribution in [0.3, 0.4) is 0 Å². The zero-order valence-corrected chi connectivity index (χ0v) is 19.5. The molecule has 0 radical (unpaired) electrons. The topological polar surface area (TPSA) is 110 Å². The van der Waals surface area contributed by atoms with Gasteiger partial charge < -0.3 is 7.43 Å².